The highest BCUT2D eigenvalue weighted by Crippen LogP contribution is 2.26. The summed E-state index contributed by atoms with van der Waals surface area (Å²) in [6, 6.07) is 17.6. The molecule has 0 aliphatic rings. The average molecular weight is 328 g/mol. The topological polar surface area (TPSA) is 42.0 Å². The van der Waals surface area contributed by atoms with Gasteiger partial charge in [-0.1, -0.05) is 30.3 Å². The Kier molecular flexibility index (Phi) is 4.75. The molecule has 3 rings (SSSR count). The van der Waals surface area contributed by atoms with Crippen molar-refractivity contribution in [3.05, 3.63) is 59.6 Å². The van der Waals surface area contributed by atoms with Crippen LogP contribution >= 0.6 is 23.1 Å². The number of nitrogens with one attached hydrogen (secondary N) is 1. The molecule has 3 aromatic rings. The minimum atomic E-state index is -0.118. The van der Waals surface area contributed by atoms with Gasteiger partial charge in [-0.2, -0.15) is 0 Å². The third kappa shape index (κ3) is 3.67. The van der Waals surface area contributed by atoms with E-state index >= 15 is 0 Å². The fourth-order valence-electron chi connectivity index (χ4n) is 2.02. The van der Waals surface area contributed by atoms with Crippen LogP contribution in [0.3, 0.4) is 0 Å². The molecule has 0 aliphatic carbocycles. The lowest BCUT2D eigenvalue weighted by atomic mass is 10.3. The number of carbonyl (C=O) groups is 1. The second kappa shape index (κ2) is 6.94. The van der Waals surface area contributed by atoms with E-state index < -0.39 is 0 Å². The first-order valence-electron chi connectivity index (χ1n) is 7.04. The van der Waals surface area contributed by atoms with Crippen molar-refractivity contribution < 1.29 is 4.79 Å². The molecule has 2 aromatic carbocycles. The van der Waals surface area contributed by atoms with E-state index in [9.17, 15) is 4.79 Å². The standard InChI is InChI=1S/C17H16N2OS2/c1-12(17(20)18-13-7-3-2-4-8-13)21-11-16-19-14-9-5-6-10-15(14)22-16/h2-10,12H,11H2,1H3,(H,18,20). The summed E-state index contributed by atoms with van der Waals surface area (Å²) in [5, 5.41) is 3.87. The lowest BCUT2D eigenvalue weighted by Gasteiger charge is -2.11. The van der Waals surface area contributed by atoms with Crippen molar-refractivity contribution in [1.82, 2.24) is 4.98 Å². The molecular weight excluding hydrogens is 312 g/mol. The number of aromatic nitrogens is 1. The Morgan fingerprint density at radius 1 is 1.18 bits per heavy atom. The fraction of sp³-hybridized carbons (Fsp3) is 0.176. The van der Waals surface area contributed by atoms with Crippen molar-refractivity contribution in [3.63, 3.8) is 0 Å². The smallest absolute Gasteiger partial charge is 0.237 e. The van der Waals surface area contributed by atoms with Gasteiger partial charge in [0.15, 0.2) is 0 Å². The molecule has 1 aromatic heterocycles. The number of hydrogen-bond acceptors (Lipinski definition) is 4. The molecule has 22 heavy (non-hydrogen) atoms. The van der Waals surface area contributed by atoms with Gasteiger partial charge in [-0.15, -0.1) is 23.1 Å². The molecule has 0 saturated heterocycles. The van der Waals surface area contributed by atoms with Crippen LogP contribution in [0, 0.1) is 0 Å². The molecular formula is C17H16N2OS2. The Morgan fingerprint density at radius 3 is 2.68 bits per heavy atom. The zero-order valence-electron chi connectivity index (χ0n) is 12.2. The lowest BCUT2D eigenvalue weighted by Crippen LogP contribution is -2.22. The molecule has 0 fully saturated rings. The molecule has 0 aliphatic heterocycles. The monoisotopic (exact) mass is 328 g/mol. The van der Waals surface area contributed by atoms with E-state index in [1.165, 1.54) is 4.70 Å². The highest BCUT2D eigenvalue weighted by Gasteiger charge is 2.14. The average Bonchev–Trinajstić information content (AvgIpc) is 2.96. The summed E-state index contributed by atoms with van der Waals surface area (Å²) in [4.78, 5) is 16.8. The number of hydrogen-bond donors (Lipinski definition) is 1. The first-order valence-corrected chi connectivity index (χ1v) is 8.91. The van der Waals surface area contributed by atoms with E-state index in [0.29, 0.717) is 0 Å². The van der Waals surface area contributed by atoms with Gasteiger partial charge in [0.25, 0.3) is 0 Å². The van der Waals surface area contributed by atoms with E-state index in [1.54, 1.807) is 23.1 Å². The SMILES string of the molecule is CC(SCc1nc2ccccc2s1)C(=O)Nc1ccccc1. The van der Waals surface area contributed by atoms with Crippen LogP contribution in [0.4, 0.5) is 5.69 Å². The number of rotatable bonds is 5. The van der Waals surface area contributed by atoms with Crippen molar-refractivity contribution >= 4 is 44.9 Å². The number of benzene rings is 2. The summed E-state index contributed by atoms with van der Waals surface area (Å²) in [5.74, 6) is 0.778. The van der Waals surface area contributed by atoms with Crippen molar-refractivity contribution in [2.24, 2.45) is 0 Å². The Hall–Kier alpha value is -1.85. The Balaban J connectivity index is 1.57. The molecule has 1 unspecified atom stereocenters. The quantitative estimate of drug-likeness (QED) is 0.747. The minimum absolute atomic E-state index is 0.0253. The first kappa shape index (κ1) is 15.1. The summed E-state index contributed by atoms with van der Waals surface area (Å²) in [5.41, 5.74) is 1.87. The number of amides is 1. The predicted octanol–water partition coefficient (Wildman–Crippen LogP) is 4.56. The highest BCUT2D eigenvalue weighted by molar-refractivity contribution is 7.99. The molecule has 1 amide bonds. The van der Waals surface area contributed by atoms with Gasteiger partial charge in [0, 0.05) is 11.4 Å². The van der Waals surface area contributed by atoms with Gasteiger partial charge in [-0.05, 0) is 31.2 Å². The summed E-state index contributed by atoms with van der Waals surface area (Å²) in [6.07, 6.45) is 0. The zero-order chi connectivity index (χ0) is 15.4. The molecule has 0 spiro atoms. The largest absolute Gasteiger partial charge is 0.325 e. The maximum Gasteiger partial charge on any atom is 0.237 e. The molecule has 5 heteroatoms. The second-order valence-corrected chi connectivity index (χ2v) is 7.33. The molecule has 1 N–H and O–H groups in total. The number of thiazole rings is 1. The van der Waals surface area contributed by atoms with Crippen LogP contribution in [-0.2, 0) is 10.5 Å². The number of nitrogens with zero attached hydrogens (tertiary/aromatic N) is 1. The number of para-hydroxylation sites is 2. The molecule has 0 radical (unpaired) electrons. The van der Waals surface area contributed by atoms with Gasteiger partial charge in [0.2, 0.25) is 5.91 Å². The normalized spacial score (nSPS) is 12.2. The van der Waals surface area contributed by atoms with Gasteiger partial charge in [-0.3, -0.25) is 4.79 Å². The fourth-order valence-corrected chi connectivity index (χ4v) is 3.89. The van der Waals surface area contributed by atoms with Crippen molar-refractivity contribution in [2.45, 2.75) is 17.9 Å². The van der Waals surface area contributed by atoms with Crippen LogP contribution in [-0.4, -0.2) is 16.1 Å². The third-order valence-corrected chi connectivity index (χ3v) is 5.58. The van der Waals surface area contributed by atoms with Gasteiger partial charge in [0.1, 0.15) is 5.01 Å². The number of carbonyl (C=O) groups excluding carboxylic acids is 1. The molecule has 112 valence electrons. The number of fused-ring (bicyclic) bond motifs is 1. The third-order valence-electron chi connectivity index (χ3n) is 3.21. The Bertz CT molecular complexity index is 737. The van der Waals surface area contributed by atoms with E-state index in [-0.39, 0.29) is 11.2 Å². The van der Waals surface area contributed by atoms with E-state index in [2.05, 4.69) is 16.4 Å². The highest BCUT2D eigenvalue weighted by atomic mass is 32.2. The van der Waals surface area contributed by atoms with Crippen molar-refractivity contribution in [1.29, 1.82) is 0 Å². The molecule has 1 atom stereocenters. The Morgan fingerprint density at radius 2 is 1.91 bits per heavy atom. The molecule has 3 nitrogen and oxygen atoms in total. The van der Waals surface area contributed by atoms with E-state index in [0.717, 1.165) is 22.0 Å². The summed E-state index contributed by atoms with van der Waals surface area (Å²) in [7, 11) is 0. The van der Waals surface area contributed by atoms with Gasteiger partial charge in [-0.25, -0.2) is 4.98 Å². The second-order valence-electron chi connectivity index (χ2n) is 4.88. The van der Waals surface area contributed by atoms with Crippen LogP contribution in [0.5, 0.6) is 0 Å². The van der Waals surface area contributed by atoms with Crippen LogP contribution < -0.4 is 5.32 Å². The molecule has 1 heterocycles. The van der Waals surface area contributed by atoms with Crippen LogP contribution in [0.15, 0.2) is 54.6 Å². The number of anilines is 1. The van der Waals surface area contributed by atoms with Gasteiger partial charge in [0.05, 0.1) is 15.5 Å². The maximum absolute atomic E-state index is 12.2. The Labute approximate surface area is 137 Å². The predicted molar refractivity (Wildman–Crippen MR) is 95.4 cm³/mol. The molecule has 0 bridgehead atoms. The zero-order valence-corrected chi connectivity index (χ0v) is 13.8. The number of thioether (sulfide) groups is 1. The van der Waals surface area contributed by atoms with Crippen LogP contribution in [0.25, 0.3) is 10.2 Å². The minimum Gasteiger partial charge on any atom is -0.325 e. The van der Waals surface area contributed by atoms with Crippen LogP contribution in [0.2, 0.25) is 0 Å². The molecule has 0 saturated carbocycles. The van der Waals surface area contributed by atoms with Crippen molar-refractivity contribution in [3.8, 4) is 0 Å². The van der Waals surface area contributed by atoms with Crippen LogP contribution in [0.1, 0.15) is 11.9 Å². The lowest BCUT2D eigenvalue weighted by molar-refractivity contribution is -0.115. The summed E-state index contributed by atoms with van der Waals surface area (Å²) >= 11 is 3.30. The summed E-state index contributed by atoms with van der Waals surface area (Å²) < 4.78 is 1.19. The first-order chi connectivity index (χ1) is 10.7. The van der Waals surface area contributed by atoms with Crippen molar-refractivity contribution in [2.75, 3.05) is 5.32 Å². The van der Waals surface area contributed by atoms with E-state index in [1.807, 2.05) is 55.5 Å². The maximum atomic E-state index is 12.2. The van der Waals surface area contributed by atoms with Gasteiger partial charge >= 0.3 is 0 Å². The summed E-state index contributed by atoms with van der Waals surface area (Å²) in [6.45, 7) is 1.93. The van der Waals surface area contributed by atoms with E-state index in [4.69, 9.17) is 0 Å². The van der Waals surface area contributed by atoms with Gasteiger partial charge < -0.3 is 5.32 Å².